The fourth-order valence-corrected chi connectivity index (χ4v) is 2.98. The third kappa shape index (κ3) is 0.972. The van der Waals surface area contributed by atoms with Gasteiger partial charge < -0.3 is 0 Å². The van der Waals surface area contributed by atoms with Crippen molar-refractivity contribution in [2.75, 3.05) is 0 Å². The van der Waals surface area contributed by atoms with Crippen LogP contribution in [-0.4, -0.2) is 0 Å². The molecule has 0 bridgehead atoms. The van der Waals surface area contributed by atoms with Crippen LogP contribution in [0.1, 0.15) is 39.0 Å². The van der Waals surface area contributed by atoms with Gasteiger partial charge in [0.05, 0.1) is 0 Å². The van der Waals surface area contributed by atoms with Crippen LogP contribution in [0.15, 0.2) is 24.3 Å². The Morgan fingerprint density at radius 1 is 1.58 bits per heavy atom. The van der Waals surface area contributed by atoms with Gasteiger partial charge in [-0.2, -0.15) is 0 Å². The van der Waals surface area contributed by atoms with Crippen LogP contribution in [-0.2, 0) is 0 Å². The second-order valence-electron chi connectivity index (χ2n) is 4.46. The van der Waals surface area contributed by atoms with Gasteiger partial charge in [-0.1, -0.05) is 38.5 Å². The van der Waals surface area contributed by atoms with E-state index in [9.17, 15) is 0 Å². The molecular formula is C12H18. The molecule has 0 spiro atoms. The highest BCUT2D eigenvalue weighted by atomic mass is 14.4. The topological polar surface area (TPSA) is 0 Å². The van der Waals surface area contributed by atoms with Gasteiger partial charge in [-0.15, -0.1) is 0 Å². The Morgan fingerprint density at radius 2 is 2.42 bits per heavy atom. The summed E-state index contributed by atoms with van der Waals surface area (Å²) in [7, 11) is 0. The van der Waals surface area contributed by atoms with E-state index in [0.29, 0.717) is 5.41 Å². The van der Waals surface area contributed by atoms with Gasteiger partial charge in [0.2, 0.25) is 0 Å². The SMILES string of the molecule is C=CC1=CCC2CCCCC12C. The van der Waals surface area contributed by atoms with E-state index in [2.05, 4.69) is 25.7 Å². The highest BCUT2D eigenvalue weighted by Gasteiger charge is 2.41. The molecule has 0 saturated heterocycles. The summed E-state index contributed by atoms with van der Waals surface area (Å²) in [6.07, 6.45) is 11.5. The standard InChI is InChI=1S/C12H18/c1-3-10-7-8-11-6-4-5-9-12(10,11)2/h3,7,11H,1,4-6,8-9H2,2H3. The first-order chi connectivity index (χ1) is 5.77. The second-order valence-corrected chi connectivity index (χ2v) is 4.46. The van der Waals surface area contributed by atoms with Gasteiger partial charge in [0.25, 0.3) is 0 Å². The maximum Gasteiger partial charge on any atom is -0.00474 e. The third-order valence-electron chi connectivity index (χ3n) is 3.90. The zero-order valence-corrected chi connectivity index (χ0v) is 7.97. The van der Waals surface area contributed by atoms with E-state index < -0.39 is 0 Å². The fourth-order valence-electron chi connectivity index (χ4n) is 2.98. The molecule has 1 saturated carbocycles. The molecular weight excluding hydrogens is 144 g/mol. The molecule has 0 aromatic heterocycles. The third-order valence-corrected chi connectivity index (χ3v) is 3.90. The van der Waals surface area contributed by atoms with Crippen LogP contribution in [0.25, 0.3) is 0 Å². The molecule has 2 aliphatic carbocycles. The first kappa shape index (κ1) is 8.10. The quantitative estimate of drug-likeness (QED) is 0.551. The molecule has 0 heteroatoms. The molecule has 2 unspecified atom stereocenters. The number of fused-ring (bicyclic) bond motifs is 1. The van der Waals surface area contributed by atoms with Crippen molar-refractivity contribution < 1.29 is 0 Å². The highest BCUT2D eigenvalue weighted by Crippen LogP contribution is 2.52. The molecule has 12 heavy (non-hydrogen) atoms. The van der Waals surface area contributed by atoms with Crippen molar-refractivity contribution >= 4 is 0 Å². The number of hydrogen-bond acceptors (Lipinski definition) is 0. The van der Waals surface area contributed by atoms with Crippen LogP contribution in [0.4, 0.5) is 0 Å². The van der Waals surface area contributed by atoms with Crippen molar-refractivity contribution in [3.05, 3.63) is 24.3 Å². The minimum Gasteiger partial charge on any atom is -0.0988 e. The minimum absolute atomic E-state index is 0.500. The van der Waals surface area contributed by atoms with E-state index in [1.165, 1.54) is 37.7 Å². The van der Waals surface area contributed by atoms with E-state index >= 15 is 0 Å². The van der Waals surface area contributed by atoms with E-state index in [0.717, 1.165) is 5.92 Å². The van der Waals surface area contributed by atoms with Crippen molar-refractivity contribution in [2.24, 2.45) is 11.3 Å². The van der Waals surface area contributed by atoms with Crippen molar-refractivity contribution in [2.45, 2.75) is 39.0 Å². The zero-order chi connectivity index (χ0) is 8.60. The van der Waals surface area contributed by atoms with Gasteiger partial charge >= 0.3 is 0 Å². The molecule has 0 nitrogen and oxygen atoms in total. The molecule has 0 amide bonds. The largest absolute Gasteiger partial charge is 0.0988 e. The van der Waals surface area contributed by atoms with Gasteiger partial charge in [-0.05, 0) is 36.2 Å². The maximum atomic E-state index is 3.91. The summed E-state index contributed by atoms with van der Waals surface area (Å²) in [6, 6.07) is 0. The molecule has 1 fully saturated rings. The summed E-state index contributed by atoms with van der Waals surface area (Å²) in [5, 5.41) is 0. The van der Waals surface area contributed by atoms with Crippen LogP contribution in [0.3, 0.4) is 0 Å². The lowest BCUT2D eigenvalue weighted by Crippen LogP contribution is -2.28. The average molecular weight is 162 g/mol. The van der Waals surface area contributed by atoms with Crippen LogP contribution < -0.4 is 0 Å². The smallest absolute Gasteiger partial charge is 0.00474 e. The Morgan fingerprint density at radius 3 is 3.17 bits per heavy atom. The number of hydrogen-bond donors (Lipinski definition) is 0. The number of rotatable bonds is 1. The van der Waals surface area contributed by atoms with Gasteiger partial charge in [0, 0.05) is 0 Å². The molecule has 0 N–H and O–H groups in total. The number of allylic oxidation sites excluding steroid dienone is 3. The molecule has 0 radical (unpaired) electrons. The first-order valence-corrected chi connectivity index (χ1v) is 5.10. The molecule has 0 aliphatic heterocycles. The van der Waals surface area contributed by atoms with E-state index in [1.807, 2.05) is 0 Å². The Balaban J connectivity index is 2.26. The van der Waals surface area contributed by atoms with Crippen molar-refractivity contribution in [1.82, 2.24) is 0 Å². The summed E-state index contributed by atoms with van der Waals surface area (Å²) in [6.45, 7) is 6.34. The van der Waals surface area contributed by atoms with E-state index in [1.54, 1.807) is 0 Å². The fraction of sp³-hybridized carbons (Fsp3) is 0.667. The van der Waals surface area contributed by atoms with E-state index in [4.69, 9.17) is 0 Å². The second kappa shape index (κ2) is 2.76. The first-order valence-electron chi connectivity index (χ1n) is 5.10. The molecule has 0 aromatic rings. The summed E-state index contributed by atoms with van der Waals surface area (Å²) in [5.41, 5.74) is 2.02. The Bertz CT molecular complexity index is 224. The molecule has 2 aliphatic rings. The van der Waals surface area contributed by atoms with Crippen molar-refractivity contribution in [1.29, 1.82) is 0 Å². The predicted octanol–water partition coefficient (Wildman–Crippen LogP) is 3.70. The van der Waals surface area contributed by atoms with Crippen molar-refractivity contribution in [3.8, 4) is 0 Å². The molecule has 0 heterocycles. The normalized spacial score (nSPS) is 40.4. The van der Waals surface area contributed by atoms with Gasteiger partial charge in [0.15, 0.2) is 0 Å². The van der Waals surface area contributed by atoms with Crippen molar-refractivity contribution in [3.63, 3.8) is 0 Å². The van der Waals surface area contributed by atoms with Gasteiger partial charge in [0.1, 0.15) is 0 Å². The molecule has 0 aromatic carbocycles. The Labute approximate surface area is 75.4 Å². The van der Waals surface area contributed by atoms with E-state index in [-0.39, 0.29) is 0 Å². The molecule has 66 valence electrons. The van der Waals surface area contributed by atoms with Gasteiger partial charge in [-0.3, -0.25) is 0 Å². The Hall–Kier alpha value is -0.520. The highest BCUT2D eigenvalue weighted by molar-refractivity contribution is 5.31. The molecule has 2 rings (SSSR count). The minimum atomic E-state index is 0.500. The van der Waals surface area contributed by atoms with Gasteiger partial charge in [-0.25, -0.2) is 0 Å². The lowest BCUT2D eigenvalue weighted by molar-refractivity contribution is 0.182. The Kier molecular flexibility index (Phi) is 1.86. The van der Waals surface area contributed by atoms with Crippen LogP contribution in [0.5, 0.6) is 0 Å². The zero-order valence-electron chi connectivity index (χ0n) is 7.97. The summed E-state index contributed by atoms with van der Waals surface area (Å²) in [4.78, 5) is 0. The summed E-state index contributed by atoms with van der Waals surface area (Å²) >= 11 is 0. The lowest BCUT2D eigenvalue weighted by atomic mass is 9.66. The van der Waals surface area contributed by atoms with Crippen LogP contribution in [0, 0.1) is 11.3 Å². The maximum absolute atomic E-state index is 3.91. The molecule has 2 atom stereocenters. The predicted molar refractivity (Wildman–Crippen MR) is 53.0 cm³/mol. The summed E-state index contributed by atoms with van der Waals surface area (Å²) < 4.78 is 0. The van der Waals surface area contributed by atoms with Crippen LogP contribution >= 0.6 is 0 Å². The van der Waals surface area contributed by atoms with Crippen LogP contribution in [0.2, 0.25) is 0 Å². The summed E-state index contributed by atoms with van der Waals surface area (Å²) in [5.74, 6) is 0.930. The average Bonchev–Trinajstić information content (AvgIpc) is 2.41. The lowest BCUT2D eigenvalue weighted by Gasteiger charge is -2.38. The monoisotopic (exact) mass is 162 g/mol.